The summed E-state index contributed by atoms with van der Waals surface area (Å²) >= 11 is 0. The van der Waals surface area contributed by atoms with Crippen LogP contribution >= 0.6 is 0 Å². The third-order valence-corrected chi connectivity index (χ3v) is 2.64. The van der Waals surface area contributed by atoms with Gasteiger partial charge in [-0.3, -0.25) is 4.79 Å². The molecule has 1 unspecified atom stereocenters. The second kappa shape index (κ2) is 5.52. The highest BCUT2D eigenvalue weighted by atomic mass is 19.4. The molecule has 0 bridgehead atoms. The molecule has 1 amide bonds. The number of carbonyl (C=O) groups is 1. The molecule has 0 aliphatic carbocycles. The Labute approximate surface area is 93.0 Å². The lowest BCUT2D eigenvalue weighted by Crippen LogP contribution is -2.38. The van der Waals surface area contributed by atoms with Crippen molar-refractivity contribution in [2.75, 3.05) is 19.6 Å². The maximum atomic E-state index is 11.9. The third kappa shape index (κ3) is 4.00. The second-order valence-corrected chi connectivity index (χ2v) is 3.94. The Morgan fingerprint density at radius 1 is 1.50 bits per heavy atom. The van der Waals surface area contributed by atoms with Crippen LogP contribution in [0.3, 0.4) is 0 Å². The van der Waals surface area contributed by atoms with Crippen molar-refractivity contribution < 1.29 is 18.0 Å². The van der Waals surface area contributed by atoms with E-state index in [9.17, 15) is 18.0 Å². The molecule has 0 saturated carbocycles. The molecule has 94 valence electrons. The molecule has 1 saturated heterocycles. The van der Waals surface area contributed by atoms with Gasteiger partial charge in [0.15, 0.2) is 0 Å². The van der Waals surface area contributed by atoms with Crippen LogP contribution in [-0.4, -0.2) is 42.7 Å². The van der Waals surface area contributed by atoms with Gasteiger partial charge in [0, 0.05) is 19.5 Å². The molecule has 0 aromatic heterocycles. The molecule has 1 heterocycles. The van der Waals surface area contributed by atoms with Crippen molar-refractivity contribution in [2.45, 2.75) is 38.4 Å². The highest BCUT2D eigenvalue weighted by Crippen LogP contribution is 2.22. The summed E-state index contributed by atoms with van der Waals surface area (Å²) in [7, 11) is 0. The van der Waals surface area contributed by atoms with Crippen molar-refractivity contribution >= 4 is 5.91 Å². The molecule has 16 heavy (non-hydrogen) atoms. The predicted octanol–water partition coefficient (Wildman–Crippen LogP) is 1.54. The zero-order chi connectivity index (χ0) is 12.2. The van der Waals surface area contributed by atoms with Crippen molar-refractivity contribution in [2.24, 2.45) is 0 Å². The van der Waals surface area contributed by atoms with E-state index in [-0.39, 0.29) is 24.9 Å². The number of alkyl halides is 3. The van der Waals surface area contributed by atoms with Crippen LogP contribution in [-0.2, 0) is 4.79 Å². The third-order valence-electron chi connectivity index (χ3n) is 2.64. The van der Waals surface area contributed by atoms with E-state index in [4.69, 9.17) is 0 Å². The van der Waals surface area contributed by atoms with Crippen LogP contribution in [0.25, 0.3) is 0 Å². The van der Waals surface area contributed by atoms with Crippen LogP contribution < -0.4 is 5.32 Å². The summed E-state index contributed by atoms with van der Waals surface area (Å²) in [5.74, 6) is -0.0657. The Kier molecular flexibility index (Phi) is 4.58. The van der Waals surface area contributed by atoms with Gasteiger partial charge in [0.05, 0.1) is 6.04 Å². The molecule has 0 spiro atoms. The van der Waals surface area contributed by atoms with Gasteiger partial charge in [0.2, 0.25) is 5.91 Å². The summed E-state index contributed by atoms with van der Waals surface area (Å²) in [5, 5.41) is 3.02. The average molecular weight is 238 g/mol. The van der Waals surface area contributed by atoms with E-state index in [1.165, 1.54) is 4.90 Å². The summed E-state index contributed by atoms with van der Waals surface area (Å²) in [6.07, 6.45) is -4.25. The molecule has 0 radical (unpaired) electrons. The number of carbonyl (C=O) groups excluding carboxylic acids is 1. The first-order valence-corrected chi connectivity index (χ1v) is 5.53. The van der Waals surface area contributed by atoms with Gasteiger partial charge in [0.25, 0.3) is 0 Å². The zero-order valence-electron chi connectivity index (χ0n) is 9.31. The lowest BCUT2D eigenvalue weighted by atomic mass is 10.2. The van der Waals surface area contributed by atoms with Crippen molar-refractivity contribution in [1.82, 2.24) is 10.2 Å². The monoisotopic (exact) mass is 238 g/mol. The average Bonchev–Trinajstić information content (AvgIpc) is 2.48. The highest BCUT2D eigenvalue weighted by Gasteiger charge is 2.32. The van der Waals surface area contributed by atoms with E-state index in [0.29, 0.717) is 19.5 Å². The molecule has 1 N–H and O–H groups in total. The van der Waals surface area contributed by atoms with Crippen LogP contribution in [0.15, 0.2) is 0 Å². The zero-order valence-corrected chi connectivity index (χ0v) is 9.31. The minimum atomic E-state index is -4.12. The lowest BCUT2D eigenvalue weighted by Gasteiger charge is -2.17. The van der Waals surface area contributed by atoms with E-state index in [1.807, 2.05) is 6.92 Å². The highest BCUT2D eigenvalue weighted by molar-refractivity contribution is 5.83. The molecule has 1 aliphatic rings. The Morgan fingerprint density at radius 3 is 2.75 bits per heavy atom. The van der Waals surface area contributed by atoms with Gasteiger partial charge in [-0.25, -0.2) is 0 Å². The fourth-order valence-electron chi connectivity index (χ4n) is 1.87. The Bertz CT molecular complexity index is 243. The number of hydrogen-bond acceptors (Lipinski definition) is 2. The number of rotatable bonds is 5. The number of likely N-dealkylation sites (N-methyl/N-ethyl adjacent to an activating group) is 1. The van der Waals surface area contributed by atoms with Gasteiger partial charge in [0.1, 0.15) is 0 Å². The van der Waals surface area contributed by atoms with Gasteiger partial charge in [-0.1, -0.05) is 6.92 Å². The first-order chi connectivity index (χ1) is 7.44. The number of nitrogens with zero attached hydrogens (tertiary/aromatic N) is 1. The molecule has 3 nitrogen and oxygen atoms in total. The Balaban J connectivity index is 2.27. The van der Waals surface area contributed by atoms with Gasteiger partial charge >= 0.3 is 6.18 Å². The van der Waals surface area contributed by atoms with Crippen LogP contribution in [0.2, 0.25) is 0 Å². The first kappa shape index (κ1) is 13.3. The van der Waals surface area contributed by atoms with Crippen LogP contribution in [0, 0.1) is 0 Å². The second-order valence-electron chi connectivity index (χ2n) is 3.94. The molecule has 1 rings (SSSR count). The number of halogens is 3. The van der Waals surface area contributed by atoms with E-state index in [0.717, 1.165) is 0 Å². The lowest BCUT2D eigenvalue weighted by molar-refractivity contribution is -0.139. The van der Waals surface area contributed by atoms with Gasteiger partial charge < -0.3 is 10.2 Å². The Morgan fingerprint density at radius 2 is 2.19 bits per heavy atom. The van der Waals surface area contributed by atoms with Crippen molar-refractivity contribution in [3.05, 3.63) is 0 Å². The van der Waals surface area contributed by atoms with Crippen LogP contribution in [0.5, 0.6) is 0 Å². The summed E-state index contributed by atoms with van der Waals surface area (Å²) in [4.78, 5) is 13.1. The number of amides is 1. The maximum Gasteiger partial charge on any atom is 0.389 e. The molecule has 1 aliphatic heterocycles. The molecule has 1 atom stereocenters. The minimum Gasteiger partial charge on any atom is -0.341 e. The van der Waals surface area contributed by atoms with E-state index >= 15 is 0 Å². The van der Waals surface area contributed by atoms with Crippen molar-refractivity contribution in [3.63, 3.8) is 0 Å². The molecule has 1 fully saturated rings. The van der Waals surface area contributed by atoms with E-state index in [2.05, 4.69) is 5.32 Å². The fraction of sp³-hybridized carbons (Fsp3) is 0.900. The molecule has 0 aromatic carbocycles. The van der Waals surface area contributed by atoms with Crippen LogP contribution in [0.1, 0.15) is 26.2 Å². The Hall–Kier alpha value is -0.780. The summed E-state index contributed by atoms with van der Waals surface area (Å²) in [5.41, 5.74) is 0. The normalized spacial score (nSPS) is 21.9. The topological polar surface area (TPSA) is 32.3 Å². The molecular weight excluding hydrogens is 221 g/mol. The minimum absolute atomic E-state index is 0.00587. The van der Waals surface area contributed by atoms with Gasteiger partial charge in [-0.2, -0.15) is 13.2 Å². The van der Waals surface area contributed by atoms with Gasteiger partial charge in [-0.15, -0.1) is 0 Å². The van der Waals surface area contributed by atoms with Crippen molar-refractivity contribution in [3.8, 4) is 0 Å². The molecule has 0 aromatic rings. The summed E-state index contributed by atoms with van der Waals surface area (Å²) < 4.78 is 35.7. The quantitative estimate of drug-likeness (QED) is 0.788. The van der Waals surface area contributed by atoms with E-state index in [1.54, 1.807) is 0 Å². The molecule has 6 heteroatoms. The molecular formula is C10H17F3N2O. The first-order valence-electron chi connectivity index (χ1n) is 5.53. The fourth-order valence-corrected chi connectivity index (χ4v) is 1.87. The van der Waals surface area contributed by atoms with Crippen LogP contribution in [0.4, 0.5) is 13.2 Å². The summed E-state index contributed by atoms with van der Waals surface area (Å²) in [6, 6.07) is -0.198. The smallest absolute Gasteiger partial charge is 0.341 e. The number of nitrogens with one attached hydrogen (secondary N) is 1. The predicted molar refractivity (Wildman–Crippen MR) is 54.0 cm³/mol. The summed E-state index contributed by atoms with van der Waals surface area (Å²) in [6.45, 7) is 3.38. The number of hydrogen-bond donors (Lipinski definition) is 1. The number of likely N-dealkylation sites (tertiary alicyclic amines) is 1. The SMILES string of the molecule is CCNC1CCN(CCCC(F)(F)F)C1=O. The van der Waals surface area contributed by atoms with E-state index < -0.39 is 12.6 Å². The largest absolute Gasteiger partial charge is 0.389 e. The standard InChI is InChI=1S/C10H17F3N2O/c1-2-14-8-4-7-15(9(8)16)6-3-5-10(11,12)13/h8,14H,2-7H2,1H3. The van der Waals surface area contributed by atoms with Crippen molar-refractivity contribution in [1.29, 1.82) is 0 Å². The maximum absolute atomic E-state index is 11.9. The van der Waals surface area contributed by atoms with Gasteiger partial charge in [-0.05, 0) is 19.4 Å².